The molecule has 1 atom stereocenters. The standard InChI is InChI=1S/C20H18ClN3O3/c1-13-6-7-15(8-17(13)21)24-20(25)14(9-22)10-23-11-16-12-26-18-4-2-3-5-19(18)27-16/h2-8,10,16,23H,11-12H2,1H3,(H,24,25)/b14-10-. The first-order chi connectivity index (χ1) is 13.1. The minimum Gasteiger partial charge on any atom is -0.486 e. The molecule has 138 valence electrons. The molecule has 0 saturated carbocycles. The van der Waals surface area contributed by atoms with E-state index in [1.807, 2.05) is 37.3 Å². The molecule has 27 heavy (non-hydrogen) atoms. The summed E-state index contributed by atoms with van der Waals surface area (Å²) in [5.74, 6) is 0.864. The van der Waals surface area contributed by atoms with E-state index >= 15 is 0 Å². The molecule has 0 aliphatic carbocycles. The number of aryl methyl sites for hydroxylation is 1. The van der Waals surface area contributed by atoms with Crippen molar-refractivity contribution in [3.05, 3.63) is 64.8 Å². The highest BCUT2D eigenvalue weighted by Crippen LogP contribution is 2.30. The third-order valence-electron chi connectivity index (χ3n) is 3.95. The number of nitrogens with one attached hydrogen (secondary N) is 2. The molecule has 0 aromatic heterocycles. The maximum atomic E-state index is 12.2. The van der Waals surface area contributed by atoms with Gasteiger partial charge in [-0.15, -0.1) is 0 Å². The summed E-state index contributed by atoms with van der Waals surface area (Å²) in [4.78, 5) is 12.2. The highest BCUT2D eigenvalue weighted by Gasteiger charge is 2.20. The minimum atomic E-state index is -0.518. The molecule has 0 spiro atoms. The van der Waals surface area contributed by atoms with Crippen molar-refractivity contribution in [3.63, 3.8) is 0 Å². The SMILES string of the molecule is Cc1ccc(NC(=O)/C(C#N)=C\NCC2COc3ccccc3O2)cc1Cl. The summed E-state index contributed by atoms with van der Waals surface area (Å²) < 4.78 is 11.4. The van der Waals surface area contributed by atoms with E-state index in [-0.39, 0.29) is 11.7 Å². The van der Waals surface area contributed by atoms with E-state index in [1.54, 1.807) is 18.2 Å². The molecule has 0 saturated heterocycles. The Bertz CT molecular complexity index is 921. The number of benzene rings is 2. The molecule has 0 fully saturated rings. The summed E-state index contributed by atoms with van der Waals surface area (Å²) in [5, 5.41) is 15.4. The number of anilines is 1. The van der Waals surface area contributed by atoms with Crippen LogP contribution in [0.4, 0.5) is 5.69 Å². The number of carbonyl (C=O) groups is 1. The fourth-order valence-corrected chi connectivity index (χ4v) is 2.65. The van der Waals surface area contributed by atoms with Crippen LogP contribution >= 0.6 is 11.6 Å². The van der Waals surface area contributed by atoms with Gasteiger partial charge in [-0.05, 0) is 36.8 Å². The van der Waals surface area contributed by atoms with Gasteiger partial charge in [0.2, 0.25) is 0 Å². The van der Waals surface area contributed by atoms with E-state index < -0.39 is 5.91 Å². The highest BCUT2D eigenvalue weighted by molar-refractivity contribution is 6.31. The van der Waals surface area contributed by atoms with E-state index in [4.69, 9.17) is 21.1 Å². The van der Waals surface area contributed by atoms with Crippen molar-refractivity contribution >= 4 is 23.2 Å². The highest BCUT2D eigenvalue weighted by atomic mass is 35.5. The lowest BCUT2D eigenvalue weighted by Crippen LogP contribution is -2.37. The number of ether oxygens (including phenoxy) is 2. The molecule has 2 aromatic carbocycles. The quantitative estimate of drug-likeness (QED) is 0.610. The van der Waals surface area contributed by atoms with Crippen LogP contribution in [0.15, 0.2) is 54.2 Å². The number of para-hydroxylation sites is 2. The molecule has 0 bridgehead atoms. The summed E-state index contributed by atoms with van der Waals surface area (Å²) in [5.41, 5.74) is 1.38. The van der Waals surface area contributed by atoms with Crippen LogP contribution in [0.1, 0.15) is 5.56 Å². The van der Waals surface area contributed by atoms with Crippen LogP contribution in [0.5, 0.6) is 11.5 Å². The van der Waals surface area contributed by atoms with Crippen LogP contribution in [0, 0.1) is 18.3 Å². The molecule has 3 rings (SSSR count). The Morgan fingerprint density at radius 2 is 2.11 bits per heavy atom. The maximum absolute atomic E-state index is 12.2. The number of fused-ring (bicyclic) bond motifs is 1. The molecule has 1 aliphatic heterocycles. The van der Waals surface area contributed by atoms with Gasteiger partial charge >= 0.3 is 0 Å². The van der Waals surface area contributed by atoms with Crippen LogP contribution in [0.3, 0.4) is 0 Å². The maximum Gasteiger partial charge on any atom is 0.267 e. The number of amides is 1. The number of nitriles is 1. The van der Waals surface area contributed by atoms with Gasteiger partial charge < -0.3 is 20.1 Å². The second kappa shape index (κ2) is 8.47. The van der Waals surface area contributed by atoms with E-state index in [1.165, 1.54) is 6.20 Å². The molecular formula is C20H18ClN3O3. The lowest BCUT2D eigenvalue weighted by atomic mass is 10.2. The molecule has 6 nitrogen and oxygen atoms in total. The van der Waals surface area contributed by atoms with Gasteiger partial charge in [0.25, 0.3) is 5.91 Å². The molecule has 1 heterocycles. The smallest absolute Gasteiger partial charge is 0.267 e. The molecule has 1 unspecified atom stereocenters. The van der Waals surface area contributed by atoms with Crippen LogP contribution in [0.2, 0.25) is 5.02 Å². The van der Waals surface area contributed by atoms with Crippen molar-refractivity contribution in [1.29, 1.82) is 5.26 Å². The Kier molecular flexibility index (Phi) is 5.84. The molecule has 2 aromatic rings. The average molecular weight is 384 g/mol. The Morgan fingerprint density at radius 1 is 1.33 bits per heavy atom. The van der Waals surface area contributed by atoms with Gasteiger partial charge in [0.1, 0.15) is 24.4 Å². The molecule has 0 radical (unpaired) electrons. The van der Waals surface area contributed by atoms with E-state index in [0.717, 1.165) is 5.56 Å². The van der Waals surface area contributed by atoms with Crippen molar-refractivity contribution in [1.82, 2.24) is 5.32 Å². The van der Waals surface area contributed by atoms with Gasteiger partial charge in [-0.25, -0.2) is 0 Å². The van der Waals surface area contributed by atoms with Crippen molar-refractivity contribution in [2.45, 2.75) is 13.0 Å². The lowest BCUT2D eigenvalue weighted by Gasteiger charge is -2.26. The first-order valence-electron chi connectivity index (χ1n) is 8.36. The Hall–Kier alpha value is -3.17. The normalized spacial score (nSPS) is 15.6. The molecule has 7 heteroatoms. The first kappa shape index (κ1) is 18.6. The summed E-state index contributed by atoms with van der Waals surface area (Å²) >= 11 is 6.05. The topological polar surface area (TPSA) is 83.4 Å². The fraction of sp³-hybridized carbons (Fsp3) is 0.200. The van der Waals surface area contributed by atoms with Crippen LogP contribution in [-0.2, 0) is 4.79 Å². The zero-order chi connectivity index (χ0) is 19.2. The van der Waals surface area contributed by atoms with Crippen LogP contribution in [-0.4, -0.2) is 25.2 Å². The molecule has 1 aliphatic rings. The molecule has 2 N–H and O–H groups in total. The number of nitrogens with zero attached hydrogens (tertiary/aromatic N) is 1. The number of carbonyl (C=O) groups excluding carboxylic acids is 1. The number of hydrogen-bond acceptors (Lipinski definition) is 5. The van der Waals surface area contributed by atoms with E-state index in [0.29, 0.717) is 35.4 Å². The second-order valence-corrected chi connectivity index (χ2v) is 6.40. The van der Waals surface area contributed by atoms with Crippen LogP contribution < -0.4 is 20.1 Å². The van der Waals surface area contributed by atoms with Gasteiger partial charge in [0.15, 0.2) is 11.5 Å². The predicted octanol–water partition coefficient (Wildman–Crippen LogP) is 3.42. The van der Waals surface area contributed by atoms with Crippen molar-refractivity contribution in [2.24, 2.45) is 0 Å². The largest absolute Gasteiger partial charge is 0.486 e. The van der Waals surface area contributed by atoms with Gasteiger partial charge in [-0.2, -0.15) is 5.26 Å². The monoisotopic (exact) mass is 383 g/mol. The van der Waals surface area contributed by atoms with Gasteiger partial charge in [-0.3, -0.25) is 4.79 Å². The summed E-state index contributed by atoms with van der Waals surface area (Å²) in [7, 11) is 0. The van der Waals surface area contributed by atoms with E-state index in [9.17, 15) is 10.1 Å². The number of rotatable bonds is 5. The Morgan fingerprint density at radius 3 is 2.85 bits per heavy atom. The Labute approximate surface area is 162 Å². The summed E-state index contributed by atoms with van der Waals surface area (Å²) in [6.07, 6.45) is 1.14. The Balaban J connectivity index is 1.56. The lowest BCUT2D eigenvalue weighted by molar-refractivity contribution is -0.112. The van der Waals surface area contributed by atoms with Crippen molar-refractivity contribution in [2.75, 3.05) is 18.5 Å². The number of halogens is 1. The van der Waals surface area contributed by atoms with E-state index in [2.05, 4.69) is 10.6 Å². The zero-order valence-electron chi connectivity index (χ0n) is 14.7. The van der Waals surface area contributed by atoms with Gasteiger partial charge in [0.05, 0.1) is 6.54 Å². The van der Waals surface area contributed by atoms with Crippen LogP contribution in [0.25, 0.3) is 0 Å². The third-order valence-corrected chi connectivity index (χ3v) is 4.36. The molecular weight excluding hydrogens is 366 g/mol. The fourth-order valence-electron chi connectivity index (χ4n) is 2.47. The second-order valence-electron chi connectivity index (χ2n) is 5.99. The van der Waals surface area contributed by atoms with Crippen molar-refractivity contribution in [3.8, 4) is 17.6 Å². The first-order valence-corrected chi connectivity index (χ1v) is 8.74. The zero-order valence-corrected chi connectivity index (χ0v) is 15.4. The van der Waals surface area contributed by atoms with Gasteiger partial charge in [-0.1, -0.05) is 29.8 Å². The minimum absolute atomic E-state index is 0.0520. The summed E-state index contributed by atoms with van der Waals surface area (Å²) in [6, 6.07) is 14.5. The average Bonchev–Trinajstić information content (AvgIpc) is 2.68. The molecule has 1 amide bonds. The number of hydrogen-bond donors (Lipinski definition) is 2. The predicted molar refractivity (Wildman–Crippen MR) is 103 cm³/mol. The van der Waals surface area contributed by atoms with Crippen molar-refractivity contribution < 1.29 is 14.3 Å². The van der Waals surface area contributed by atoms with Gasteiger partial charge in [0, 0.05) is 16.9 Å². The third kappa shape index (κ3) is 4.72. The summed E-state index contributed by atoms with van der Waals surface area (Å²) in [6.45, 7) is 2.64.